The summed E-state index contributed by atoms with van der Waals surface area (Å²) in [6.45, 7) is 18.0. The lowest BCUT2D eigenvalue weighted by Crippen LogP contribution is -2.06. The molecular formula is C22H26O4. The second-order valence-corrected chi connectivity index (χ2v) is 4.42. The minimum atomic E-state index is -0.966. The molecule has 0 saturated heterocycles. The molecule has 0 aliphatic heterocycles. The Labute approximate surface area is 155 Å². The van der Waals surface area contributed by atoms with Gasteiger partial charge in [0.05, 0.1) is 11.1 Å². The second-order valence-electron chi connectivity index (χ2n) is 4.42. The molecule has 0 heterocycles. The van der Waals surface area contributed by atoms with Crippen molar-refractivity contribution in [2.45, 2.75) is 12.8 Å². The summed E-state index contributed by atoms with van der Waals surface area (Å²) in [5.41, 5.74) is 1.95. The van der Waals surface area contributed by atoms with Crippen LogP contribution in [-0.2, 0) is 12.8 Å². The molecule has 0 radical (unpaired) electrons. The maximum atomic E-state index is 11.1. The van der Waals surface area contributed by atoms with Crippen LogP contribution in [0.2, 0.25) is 0 Å². The molecule has 2 aromatic rings. The van der Waals surface area contributed by atoms with Gasteiger partial charge in [0.25, 0.3) is 0 Å². The van der Waals surface area contributed by atoms with E-state index in [9.17, 15) is 9.59 Å². The van der Waals surface area contributed by atoms with E-state index in [4.69, 9.17) is 10.2 Å². The van der Waals surface area contributed by atoms with Gasteiger partial charge in [-0.3, -0.25) is 0 Å². The zero-order valence-corrected chi connectivity index (χ0v) is 15.0. The van der Waals surface area contributed by atoms with E-state index < -0.39 is 11.9 Å². The summed E-state index contributed by atoms with van der Waals surface area (Å²) in [5, 5.41) is 18.2. The smallest absolute Gasteiger partial charge is 0.335 e. The highest BCUT2D eigenvalue weighted by Crippen LogP contribution is 2.15. The summed E-state index contributed by atoms with van der Waals surface area (Å²) in [5.74, 6) is -1.93. The van der Waals surface area contributed by atoms with Crippen molar-refractivity contribution in [2.24, 2.45) is 0 Å². The summed E-state index contributed by atoms with van der Waals surface area (Å²) >= 11 is 0. The van der Waals surface area contributed by atoms with E-state index in [2.05, 4.69) is 39.5 Å². The van der Waals surface area contributed by atoms with Gasteiger partial charge in [-0.1, -0.05) is 36.4 Å². The third kappa shape index (κ3) is 7.93. The standard InChI is InChI=1S/C16H14O4.3C2H4/c17-15(18)13-7-3-1-5-11(13)9-10-12-6-2-4-8-14(12)16(19)20;3*1-2/h1-8H,9-10H2,(H,17,18)(H,19,20);3*1-2H2. The van der Waals surface area contributed by atoms with E-state index in [0.717, 1.165) is 0 Å². The number of hydrogen-bond acceptors (Lipinski definition) is 2. The van der Waals surface area contributed by atoms with Gasteiger partial charge < -0.3 is 10.2 Å². The highest BCUT2D eigenvalue weighted by Gasteiger charge is 2.12. The van der Waals surface area contributed by atoms with Crippen molar-refractivity contribution in [3.8, 4) is 0 Å². The third-order valence-corrected chi connectivity index (χ3v) is 3.16. The summed E-state index contributed by atoms with van der Waals surface area (Å²) in [4.78, 5) is 22.2. The van der Waals surface area contributed by atoms with Crippen LogP contribution in [0.3, 0.4) is 0 Å². The van der Waals surface area contributed by atoms with E-state index in [1.54, 1.807) is 48.5 Å². The lowest BCUT2D eigenvalue weighted by atomic mass is 9.97. The molecule has 0 bridgehead atoms. The zero-order chi connectivity index (χ0) is 20.5. The molecule has 2 N–H and O–H groups in total. The highest BCUT2D eigenvalue weighted by molar-refractivity contribution is 5.90. The molecule has 0 saturated carbocycles. The number of carbonyl (C=O) groups is 2. The topological polar surface area (TPSA) is 74.6 Å². The summed E-state index contributed by atoms with van der Waals surface area (Å²) in [6.07, 6.45) is 0.986. The van der Waals surface area contributed by atoms with Crippen LogP contribution in [0.5, 0.6) is 0 Å². The Hall–Kier alpha value is -3.40. The van der Waals surface area contributed by atoms with Gasteiger partial charge in [0.2, 0.25) is 0 Å². The van der Waals surface area contributed by atoms with Gasteiger partial charge in [-0.25, -0.2) is 9.59 Å². The molecule has 2 rings (SSSR count). The van der Waals surface area contributed by atoms with E-state index in [1.165, 1.54) is 0 Å². The van der Waals surface area contributed by atoms with E-state index in [1.807, 2.05) is 0 Å². The minimum absolute atomic E-state index is 0.264. The van der Waals surface area contributed by atoms with Crippen molar-refractivity contribution in [1.29, 1.82) is 0 Å². The van der Waals surface area contributed by atoms with Crippen LogP contribution in [0.1, 0.15) is 31.8 Å². The van der Waals surface area contributed by atoms with Gasteiger partial charge in [-0.05, 0) is 36.1 Å². The molecule has 0 spiro atoms. The van der Waals surface area contributed by atoms with Crippen LogP contribution >= 0.6 is 0 Å². The van der Waals surface area contributed by atoms with Gasteiger partial charge in [-0.2, -0.15) is 0 Å². The van der Waals surface area contributed by atoms with Gasteiger partial charge >= 0.3 is 11.9 Å². The van der Waals surface area contributed by atoms with Crippen molar-refractivity contribution in [3.63, 3.8) is 0 Å². The highest BCUT2D eigenvalue weighted by atomic mass is 16.4. The number of aryl methyl sites for hydroxylation is 2. The molecule has 0 atom stereocenters. The minimum Gasteiger partial charge on any atom is -0.478 e. The summed E-state index contributed by atoms with van der Waals surface area (Å²) < 4.78 is 0. The van der Waals surface area contributed by atoms with Crippen LogP contribution in [0, 0.1) is 0 Å². The predicted molar refractivity (Wildman–Crippen MR) is 108 cm³/mol. The lowest BCUT2D eigenvalue weighted by Gasteiger charge is -2.08. The third-order valence-electron chi connectivity index (χ3n) is 3.16. The Balaban J connectivity index is 0. The Morgan fingerprint density at radius 3 is 1.15 bits per heavy atom. The molecule has 0 aliphatic rings. The molecular weight excluding hydrogens is 328 g/mol. The van der Waals surface area contributed by atoms with Crippen LogP contribution in [0.15, 0.2) is 88.0 Å². The maximum Gasteiger partial charge on any atom is 0.335 e. The molecule has 138 valence electrons. The van der Waals surface area contributed by atoms with Crippen LogP contribution in [0.25, 0.3) is 0 Å². The summed E-state index contributed by atoms with van der Waals surface area (Å²) in [6, 6.07) is 13.5. The van der Waals surface area contributed by atoms with Crippen molar-refractivity contribution in [3.05, 3.63) is 110 Å². The first-order valence-electron chi connectivity index (χ1n) is 7.72. The molecule has 0 fully saturated rings. The largest absolute Gasteiger partial charge is 0.478 e. The first kappa shape index (κ1) is 24.8. The first-order chi connectivity index (χ1) is 12.6. The number of carboxylic acid groups (broad SMARTS) is 2. The maximum absolute atomic E-state index is 11.1. The normalized spacial score (nSPS) is 8.31. The molecule has 0 aliphatic carbocycles. The van der Waals surface area contributed by atoms with Gasteiger partial charge in [0, 0.05) is 0 Å². The van der Waals surface area contributed by atoms with Crippen molar-refractivity contribution < 1.29 is 19.8 Å². The average Bonchev–Trinajstić information content (AvgIpc) is 2.71. The molecule has 2 aromatic carbocycles. The number of hydrogen-bond donors (Lipinski definition) is 2. The Morgan fingerprint density at radius 2 is 0.885 bits per heavy atom. The number of benzene rings is 2. The zero-order valence-electron chi connectivity index (χ0n) is 15.0. The Kier molecular flexibility index (Phi) is 14.5. The van der Waals surface area contributed by atoms with Crippen molar-refractivity contribution in [2.75, 3.05) is 0 Å². The molecule has 0 unspecified atom stereocenters. The van der Waals surface area contributed by atoms with Crippen molar-refractivity contribution >= 4 is 11.9 Å². The Morgan fingerprint density at radius 1 is 0.615 bits per heavy atom. The predicted octanol–water partition coefficient (Wildman–Crippen LogP) is 5.27. The average molecular weight is 354 g/mol. The molecule has 4 heteroatoms. The molecule has 0 aromatic heterocycles. The van der Waals surface area contributed by atoms with Gasteiger partial charge in [0.1, 0.15) is 0 Å². The second kappa shape index (κ2) is 15.1. The summed E-state index contributed by atoms with van der Waals surface area (Å²) in [7, 11) is 0. The monoisotopic (exact) mass is 354 g/mol. The quantitative estimate of drug-likeness (QED) is 0.717. The molecule has 26 heavy (non-hydrogen) atoms. The van der Waals surface area contributed by atoms with Gasteiger partial charge in [-0.15, -0.1) is 39.5 Å². The lowest BCUT2D eigenvalue weighted by molar-refractivity contribution is 0.0684. The fraction of sp³-hybridized carbons (Fsp3) is 0.0909. The Bertz CT molecular complexity index is 630. The van der Waals surface area contributed by atoms with Crippen LogP contribution in [-0.4, -0.2) is 22.2 Å². The van der Waals surface area contributed by atoms with Crippen molar-refractivity contribution in [1.82, 2.24) is 0 Å². The van der Waals surface area contributed by atoms with Crippen LogP contribution in [0.4, 0.5) is 0 Å². The van der Waals surface area contributed by atoms with Crippen LogP contribution < -0.4 is 0 Å². The number of rotatable bonds is 5. The van der Waals surface area contributed by atoms with E-state index >= 15 is 0 Å². The van der Waals surface area contributed by atoms with E-state index in [0.29, 0.717) is 24.0 Å². The SMILES string of the molecule is C=C.C=C.C=C.O=C(O)c1ccccc1CCc1ccccc1C(=O)O. The fourth-order valence-electron chi connectivity index (χ4n) is 2.16. The fourth-order valence-corrected chi connectivity index (χ4v) is 2.16. The molecule has 0 amide bonds. The number of aromatic carboxylic acids is 2. The first-order valence-corrected chi connectivity index (χ1v) is 7.72. The molecule has 4 nitrogen and oxygen atoms in total. The number of carboxylic acids is 2. The van der Waals surface area contributed by atoms with E-state index in [-0.39, 0.29) is 11.1 Å². The van der Waals surface area contributed by atoms with Gasteiger partial charge in [0.15, 0.2) is 0 Å².